The summed E-state index contributed by atoms with van der Waals surface area (Å²) in [5.74, 6) is 1.75. The highest BCUT2D eigenvalue weighted by Gasteiger charge is 2.28. The van der Waals surface area contributed by atoms with Crippen molar-refractivity contribution in [2.45, 2.75) is 51.5 Å². The first kappa shape index (κ1) is 14.0. The molecule has 2 aliphatic rings. The molecule has 1 atom stereocenters. The van der Waals surface area contributed by atoms with Crippen LogP contribution in [0.1, 0.15) is 62.3 Å². The van der Waals surface area contributed by atoms with Crippen LogP contribution in [0.25, 0.3) is 0 Å². The molecule has 0 amide bonds. The van der Waals surface area contributed by atoms with Gasteiger partial charge in [-0.1, -0.05) is 13.3 Å². The monoisotopic (exact) mass is 274 g/mol. The van der Waals surface area contributed by atoms with E-state index in [9.17, 15) is 0 Å². The highest BCUT2D eigenvalue weighted by molar-refractivity contribution is 5.20. The molecule has 1 aliphatic heterocycles. The Bertz CT molecular complexity index is 450. The fourth-order valence-electron chi connectivity index (χ4n) is 2.93. The Hall–Kier alpha value is -1.00. The zero-order valence-corrected chi connectivity index (χ0v) is 12.7. The van der Waals surface area contributed by atoms with E-state index in [-0.39, 0.29) is 0 Å². The van der Waals surface area contributed by atoms with Gasteiger partial charge in [0, 0.05) is 43.5 Å². The van der Waals surface area contributed by atoms with Crippen LogP contribution >= 0.6 is 0 Å². The molecule has 1 saturated heterocycles. The van der Waals surface area contributed by atoms with Gasteiger partial charge >= 0.3 is 0 Å². The number of hydrogen-bond donors (Lipinski definition) is 1. The molecule has 110 valence electrons. The molecule has 0 aromatic carbocycles. The SMILES string of the molecule is CCCc1cc(C2CC2)nc(C(C)N2CCNCC2)n1. The second-order valence-electron chi connectivity index (χ2n) is 6.13. The molecule has 0 bridgehead atoms. The number of nitrogens with zero attached hydrogens (tertiary/aromatic N) is 3. The molecule has 4 heteroatoms. The van der Waals surface area contributed by atoms with Crippen LogP contribution in [0.15, 0.2) is 6.07 Å². The molecule has 1 unspecified atom stereocenters. The van der Waals surface area contributed by atoms with Crippen molar-refractivity contribution in [1.82, 2.24) is 20.2 Å². The highest BCUT2D eigenvalue weighted by Crippen LogP contribution is 2.39. The van der Waals surface area contributed by atoms with Crippen LogP contribution < -0.4 is 5.32 Å². The Balaban J connectivity index is 1.82. The van der Waals surface area contributed by atoms with Crippen molar-refractivity contribution in [1.29, 1.82) is 0 Å². The van der Waals surface area contributed by atoms with Gasteiger partial charge < -0.3 is 5.32 Å². The normalized spacial score (nSPS) is 21.9. The average Bonchev–Trinajstić information content (AvgIpc) is 3.32. The van der Waals surface area contributed by atoms with E-state index in [1.807, 2.05) is 0 Å². The minimum atomic E-state index is 0.339. The zero-order valence-electron chi connectivity index (χ0n) is 12.7. The molecular weight excluding hydrogens is 248 g/mol. The lowest BCUT2D eigenvalue weighted by Crippen LogP contribution is -2.44. The van der Waals surface area contributed by atoms with Gasteiger partial charge in [-0.25, -0.2) is 9.97 Å². The Morgan fingerprint density at radius 2 is 2.05 bits per heavy atom. The Morgan fingerprint density at radius 3 is 2.70 bits per heavy atom. The van der Waals surface area contributed by atoms with E-state index in [0.717, 1.165) is 44.8 Å². The molecule has 20 heavy (non-hydrogen) atoms. The van der Waals surface area contributed by atoms with Crippen molar-refractivity contribution in [2.24, 2.45) is 0 Å². The van der Waals surface area contributed by atoms with E-state index in [1.54, 1.807) is 0 Å². The second kappa shape index (κ2) is 6.19. The first-order valence-corrected chi connectivity index (χ1v) is 8.10. The van der Waals surface area contributed by atoms with Crippen molar-refractivity contribution < 1.29 is 0 Å². The van der Waals surface area contributed by atoms with Crippen molar-refractivity contribution in [2.75, 3.05) is 26.2 Å². The lowest BCUT2D eigenvalue weighted by Gasteiger charge is -2.32. The van der Waals surface area contributed by atoms with Crippen LogP contribution in [0.2, 0.25) is 0 Å². The van der Waals surface area contributed by atoms with Crippen LogP contribution in [-0.4, -0.2) is 41.0 Å². The van der Waals surface area contributed by atoms with Gasteiger partial charge in [0.2, 0.25) is 0 Å². The van der Waals surface area contributed by atoms with E-state index in [0.29, 0.717) is 12.0 Å². The molecule has 2 heterocycles. The molecule has 0 radical (unpaired) electrons. The fourth-order valence-corrected chi connectivity index (χ4v) is 2.93. The summed E-state index contributed by atoms with van der Waals surface area (Å²) in [6.45, 7) is 8.83. The summed E-state index contributed by atoms with van der Waals surface area (Å²) in [6.07, 6.45) is 4.85. The summed E-state index contributed by atoms with van der Waals surface area (Å²) in [6, 6.07) is 2.58. The van der Waals surface area contributed by atoms with Gasteiger partial charge in [0.05, 0.1) is 6.04 Å². The standard InChI is InChI=1S/C16H26N4/c1-3-4-14-11-15(13-5-6-13)19-16(18-14)12(2)20-9-7-17-8-10-20/h11-13,17H,3-10H2,1-2H3. The van der Waals surface area contributed by atoms with E-state index >= 15 is 0 Å². The predicted molar refractivity (Wildman–Crippen MR) is 80.9 cm³/mol. The minimum Gasteiger partial charge on any atom is -0.314 e. The van der Waals surface area contributed by atoms with Crippen LogP contribution in [0.5, 0.6) is 0 Å². The van der Waals surface area contributed by atoms with Gasteiger partial charge in [0.25, 0.3) is 0 Å². The third-order valence-corrected chi connectivity index (χ3v) is 4.39. The summed E-state index contributed by atoms with van der Waals surface area (Å²) in [5, 5.41) is 3.41. The quantitative estimate of drug-likeness (QED) is 0.894. The Morgan fingerprint density at radius 1 is 1.30 bits per heavy atom. The maximum absolute atomic E-state index is 4.88. The van der Waals surface area contributed by atoms with Crippen molar-refractivity contribution in [3.05, 3.63) is 23.3 Å². The molecule has 1 aromatic heterocycles. The van der Waals surface area contributed by atoms with E-state index < -0.39 is 0 Å². The number of piperazine rings is 1. The fraction of sp³-hybridized carbons (Fsp3) is 0.750. The maximum Gasteiger partial charge on any atom is 0.145 e. The predicted octanol–water partition coefficient (Wildman–Crippen LogP) is 2.27. The number of hydrogen-bond acceptors (Lipinski definition) is 4. The zero-order chi connectivity index (χ0) is 13.9. The number of nitrogens with one attached hydrogen (secondary N) is 1. The molecule has 1 aromatic rings. The molecule has 3 rings (SSSR count). The lowest BCUT2D eigenvalue weighted by atomic mass is 10.1. The third-order valence-electron chi connectivity index (χ3n) is 4.39. The number of aromatic nitrogens is 2. The molecule has 1 saturated carbocycles. The average molecular weight is 274 g/mol. The van der Waals surface area contributed by atoms with Crippen molar-refractivity contribution in [3.8, 4) is 0 Å². The first-order chi connectivity index (χ1) is 9.78. The van der Waals surface area contributed by atoms with Crippen LogP contribution in [-0.2, 0) is 6.42 Å². The first-order valence-electron chi connectivity index (χ1n) is 8.10. The smallest absolute Gasteiger partial charge is 0.145 e. The maximum atomic E-state index is 4.88. The summed E-state index contributed by atoms with van der Waals surface area (Å²) >= 11 is 0. The Kier molecular flexibility index (Phi) is 4.32. The number of rotatable bonds is 5. The molecule has 0 spiro atoms. The van der Waals surface area contributed by atoms with Gasteiger partial charge in [-0.05, 0) is 32.3 Å². The largest absolute Gasteiger partial charge is 0.314 e. The molecule has 2 fully saturated rings. The second-order valence-corrected chi connectivity index (χ2v) is 6.13. The van der Waals surface area contributed by atoms with E-state index in [4.69, 9.17) is 9.97 Å². The molecule has 1 N–H and O–H groups in total. The summed E-state index contributed by atoms with van der Waals surface area (Å²) in [4.78, 5) is 12.2. The third kappa shape index (κ3) is 3.18. The summed E-state index contributed by atoms with van der Waals surface area (Å²) in [5.41, 5.74) is 2.53. The van der Waals surface area contributed by atoms with E-state index in [1.165, 1.54) is 24.2 Å². The molecular formula is C16H26N4. The van der Waals surface area contributed by atoms with Gasteiger partial charge in [-0.15, -0.1) is 0 Å². The van der Waals surface area contributed by atoms with E-state index in [2.05, 4.69) is 30.1 Å². The van der Waals surface area contributed by atoms with Crippen molar-refractivity contribution >= 4 is 0 Å². The van der Waals surface area contributed by atoms with Crippen LogP contribution in [0, 0.1) is 0 Å². The van der Waals surface area contributed by atoms with Gasteiger partial charge in [-0.2, -0.15) is 0 Å². The summed E-state index contributed by atoms with van der Waals surface area (Å²) < 4.78 is 0. The van der Waals surface area contributed by atoms with Gasteiger partial charge in [-0.3, -0.25) is 4.90 Å². The minimum absolute atomic E-state index is 0.339. The van der Waals surface area contributed by atoms with Crippen LogP contribution in [0.3, 0.4) is 0 Å². The molecule has 4 nitrogen and oxygen atoms in total. The van der Waals surface area contributed by atoms with Gasteiger partial charge in [0.1, 0.15) is 5.82 Å². The summed E-state index contributed by atoms with van der Waals surface area (Å²) in [7, 11) is 0. The number of aryl methyl sites for hydroxylation is 1. The topological polar surface area (TPSA) is 41.1 Å². The van der Waals surface area contributed by atoms with Crippen LogP contribution in [0.4, 0.5) is 0 Å². The van der Waals surface area contributed by atoms with Gasteiger partial charge in [0.15, 0.2) is 0 Å². The van der Waals surface area contributed by atoms with Crippen molar-refractivity contribution in [3.63, 3.8) is 0 Å². The Labute approximate surface area is 122 Å². The highest BCUT2D eigenvalue weighted by atomic mass is 15.2. The lowest BCUT2D eigenvalue weighted by molar-refractivity contribution is 0.178. The molecule has 1 aliphatic carbocycles.